The van der Waals surface area contributed by atoms with Crippen LogP contribution >= 0.6 is 0 Å². The Balaban J connectivity index is 1.96. The van der Waals surface area contributed by atoms with E-state index in [0.29, 0.717) is 5.56 Å². The van der Waals surface area contributed by atoms with Crippen molar-refractivity contribution in [3.63, 3.8) is 0 Å². The Labute approximate surface area is 201 Å². The zero-order valence-electron chi connectivity index (χ0n) is 19.0. The van der Waals surface area contributed by atoms with E-state index in [1.807, 2.05) is 0 Å². The lowest BCUT2D eigenvalue weighted by molar-refractivity contribution is 0.0599. The summed E-state index contributed by atoms with van der Waals surface area (Å²) in [6, 6.07) is 15.9. The molecule has 0 heterocycles. The number of hydrogen-bond acceptors (Lipinski definition) is 8. The quantitative estimate of drug-likeness (QED) is 0.451. The third-order valence-electron chi connectivity index (χ3n) is 4.79. The Bertz CT molecular complexity index is 1340. The van der Waals surface area contributed by atoms with Crippen LogP contribution in [0.4, 0.5) is 11.4 Å². The Morgan fingerprint density at radius 2 is 1.34 bits per heavy atom. The molecule has 0 aromatic heterocycles. The number of sulfonamides is 1. The first-order valence-corrected chi connectivity index (χ1v) is 11.6. The molecule has 11 heteroatoms. The topological polar surface area (TPSA) is 137 Å². The molecule has 0 aliphatic carbocycles. The molecular weight excluding hydrogens is 476 g/mol. The van der Waals surface area contributed by atoms with Crippen LogP contribution in [0.15, 0.2) is 71.6 Å². The van der Waals surface area contributed by atoms with E-state index in [4.69, 9.17) is 4.74 Å². The molecular formula is C24H22N2O8S. The largest absolute Gasteiger partial charge is 0.495 e. The Morgan fingerprint density at radius 1 is 0.743 bits per heavy atom. The van der Waals surface area contributed by atoms with E-state index in [2.05, 4.69) is 19.5 Å². The number of benzene rings is 3. The third kappa shape index (κ3) is 5.95. The van der Waals surface area contributed by atoms with Gasteiger partial charge in [-0.15, -0.1) is 0 Å². The second-order valence-electron chi connectivity index (χ2n) is 7.07. The molecule has 3 aromatic rings. The first kappa shape index (κ1) is 25.2. The molecule has 0 aliphatic rings. The Hall–Kier alpha value is -4.38. The van der Waals surface area contributed by atoms with Gasteiger partial charge in [0.25, 0.3) is 15.9 Å². The van der Waals surface area contributed by atoms with Gasteiger partial charge in [-0.3, -0.25) is 9.52 Å². The number of hydrogen-bond donors (Lipinski definition) is 2. The van der Waals surface area contributed by atoms with Crippen LogP contribution in [0.25, 0.3) is 0 Å². The van der Waals surface area contributed by atoms with Crippen molar-refractivity contribution in [1.29, 1.82) is 0 Å². The van der Waals surface area contributed by atoms with Crippen LogP contribution in [-0.2, 0) is 19.5 Å². The highest BCUT2D eigenvalue weighted by molar-refractivity contribution is 7.92. The summed E-state index contributed by atoms with van der Waals surface area (Å²) < 4.78 is 43.1. The van der Waals surface area contributed by atoms with Gasteiger partial charge in [-0.1, -0.05) is 18.2 Å². The predicted octanol–water partition coefficient (Wildman–Crippen LogP) is 3.32. The number of amides is 1. The number of carbonyl (C=O) groups is 3. The molecule has 0 atom stereocenters. The molecule has 0 radical (unpaired) electrons. The van der Waals surface area contributed by atoms with Crippen molar-refractivity contribution in [3.8, 4) is 5.75 Å². The number of rotatable bonds is 8. The molecule has 0 aliphatic heterocycles. The van der Waals surface area contributed by atoms with Gasteiger partial charge in [-0.25, -0.2) is 18.0 Å². The number of carbonyl (C=O) groups excluding carboxylic acids is 3. The summed E-state index contributed by atoms with van der Waals surface area (Å²) in [6.07, 6.45) is 0. The summed E-state index contributed by atoms with van der Waals surface area (Å²) in [5.41, 5.74) is 0.315. The van der Waals surface area contributed by atoms with Gasteiger partial charge >= 0.3 is 11.9 Å². The van der Waals surface area contributed by atoms with Crippen LogP contribution in [0.5, 0.6) is 5.75 Å². The fourth-order valence-electron chi connectivity index (χ4n) is 3.11. The van der Waals surface area contributed by atoms with Gasteiger partial charge in [0.1, 0.15) is 5.75 Å². The van der Waals surface area contributed by atoms with Crippen LogP contribution < -0.4 is 14.8 Å². The fourth-order valence-corrected chi connectivity index (χ4v) is 4.17. The molecule has 1 amide bonds. The second kappa shape index (κ2) is 10.7. The molecule has 0 saturated carbocycles. The highest BCUT2D eigenvalue weighted by atomic mass is 32.2. The first-order valence-electron chi connectivity index (χ1n) is 10.1. The van der Waals surface area contributed by atoms with Crippen LogP contribution in [0.3, 0.4) is 0 Å². The van der Waals surface area contributed by atoms with Crippen LogP contribution in [-0.4, -0.2) is 47.6 Å². The zero-order chi connectivity index (χ0) is 25.6. The lowest BCUT2D eigenvalue weighted by atomic mass is 10.1. The van der Waals surface area contributed by atoms with E-state index in [1.54, 1.807) is 30.3 Å². The average Bonchev–Trinajstić information content (AvgIpc) is 2.87. The van der Waals surface area contributed by atoms with Gasteiger partial charge in [-0.2, -0.15) is 0 Å². The van der Waals surface area contributed by atoms with Crippen molar-refractivity contribution in [2.75, 3.05) is 31.4 Å². The minimum absolute atomic E-state index is 0.0568. The van der Waals surface area contributed by atoms with Gasteiger partial charge in [-0.05, 0) is 48.5 Å². The van der Waals surface area contributed by atoms with Crippen molar-refractivity contribution in [2.45, 2.75) is 4.90 Å². The molecule has 10 nitrogen and oxygen atoms in total. The number of methoxy groups -OCH3 is 3. The van der Waals surface area contributed by atoms with E-state index in [-0.39, 0.29) is 33.1 Å². The average molecular weight is 499 g/mol. The lowest BCUT2D eigenvalue weighted by Crippen LogP contribution is -2.16. The minimum Gasteiger partial charge on any atom is -0.495 e. The van der Waals surface area contributed by atoms with Gasteiger partial charge in [0, 0.05) is 5.56 Å². The normalized spacial score (nSPS) is 10.7. The molecule has 0 saturated heterocycles. The molecule has 35 heavy (non-hydrogen) atoms. The molecule has 0 fully saturated rings. The monoisotopic (exact) mass is 498 g/mol. The summed E-state index contributed by atoms with van der Waals surface area (Å²) in [6.45, 7) is 0. The summed E-state index contributed by atoms with van der Waals surface area (Å²) in [4.78, 5) is 36.4. The summed E-state index contributed by atoms with van der Waals surface area (Å²) in [5.74, 6) is -1.76. The second-order valence-corrected chi connectivity index (χ2v) is 8.75. The molecule has 2 N–H and O–H groups in total. The SMILES string of the molecule is COC(=O)c1cc(NS(=O)(=O)c2ccc(OC)c(NC(=O)c3ccccc3)c2)cc(C(=O)OC)c1. The molecule has 0 bridgehead atoms. The maximum absolute atomic E-state index is 13.1. The van der Waals surface area contributed by atoms with Crippen molar-refractivity contribution >= 4 is 39.2 Å². The van der Waals surface area contributed by atoms with Crippen LogP contribution in [0.1, 0.15) is 31.1 Å². The molecule has 3 rings (SSSR count). The van der Waals surface area contributed by atoms with Gasteiger partial charge < -0.3 is 19.5 Å². The third-order valence-corrected chi connectivity index (χ3v) is 6.17. The van der Waals surface area contributed by atoms with E-state index in [1.165, 1.54) is 43.5 Å². The van der Waals surface area contributed by atoms with Gasteiger partial charge in [0.15, 0.2) is 0 Å². The van der Waals surface area contributed by atoms with Crippen LogP contribution in [0.2, 0.25) is 0 Å². The maximum Gasteiger partial charge on any atom is 0.337 e. The van der Waals surface area contributed by atoms with E-state index in [0.717, 1.165) is 14.2 Å². The summed E-state index contributed by atoms with van der Waals surface area (Å²) in [5, 5.41) is 2.64. The van der Waals surface area contributed by atoms with Crippen molar-refractivity contribution in [1.82, 2.24) is 0 Å². The zero-order valence-corrected chi connectivity index (χ0v) is 19.8. The Kier molecular flexibility index (Phi) is 7.72. The van der Waals surface area contributed by atoms with Gasteiger partial charge in [0.2, 0.25) is 0 Å². The lowest BCUT2D eigenvalue weighted by Gasteiger charge is -2.14. The minimum atomic E-state index is -4.22. The molecule has 0 spiro atoms. The smallest absolute Gasteiger partial charge is 0.337 e. The fraction of sp³-hybridized carbons (Fsp3) is 0.125. The van der Waals surface area contributed by atoms with Crippen LogP contribution in [0, 0.1) is 0 Å². The highest BCUT2D eigenvalue weighted by Crippen LogP contribution is 2.29. The molecule has 0 unspecified atom stereocenters. The predicted molar refractivity (Wildman–Crippen MR) is 127 cm³/mol. The number of nitrogens with one attached hydrogen (secondary N) is 2. The standard InChI is InChI=1S/C24H22N2O8S/c1-32-21-10-9-19(14-20(21)25-22(27)15-7-5-4-6-8-15)35(30,31)26-18-12-16(23(28)33-2)11-17(13-18)24(29)34-3/h4-14,26H,1-3H3,(H,25,27). The highest BCUT2D eigenvalue weighted by Gasteiger charge is 2.21. The van der Waals surface area contributed by atoms with E-state index < -0.39 is 27.9 Å². The first-order chi connectivity index (χ1) is 16.7. The number of ether oxygens (including phenoxy) is 3. The van der Waals surface area contributed by atoms with Gasteiger partial charge in [0.05, 0.1) is 48.7 Å². The summed E-state index contributed by atoms with van der Waals surface area (Å²) in [7, 11) is -0.534. The number of anilines is 2. The molecule has 3 aromatic carbocycles. The van der Waals surface area contributed by atoms with Crippen molar-refractivity contribution in [3.05, 3.63) is 83.4 Å². The van der Waals surface area contributed by atoms with Crippen molar-refractivity contribution in [2.24, 2.45) is 0 Å². The summed E-state index contributed by atoms with van der Waals surface area (Å²) >= 11 is 0. The maximum atomic E-state index is 13.1. The van der Waals surface area contributed by atoms with E-state index >= 15 is 0 Å². The van der Waals surface area contributed by atoms with E-state index in [9.17, 15) is 22.8 Å². The Morgan fingerprint density at radius 3 is 1.89 bits per heavy atom. The molecule has 182 valence electrons. The van der Waals surface area contributed by atoms with Crippen molar-refractivity contribution < 1.29 is 37.0 Å². The number of esters is 2.